The lowest BCUT2D eigenvalue weighted by molar-refractivity contribution is -0.140. The minimum atomic E-state index is -0.902. The second-order valence-corrected chi connectivity index (χ2v) is 9.02. The van der Waals surface area contributed by atoms with Gasteiger partial charge in [-0.3, -0.25) is 14.6 Å². The molecule has 4 rings (SSSR count). The molecule has 2 aromatic carbocycles. The Morgan fingerprint density at radius 1 is 1.11 bits per heavy atom. The summed E-state index contributed by atoms with van der Waals surface area (Å²) in [5.41, 5.74) is 1.57. The van der Waals surface area contributed by atoms with Crippen LogP contribution < -0.4 is 4.74 Å². The average molecular weight is 511 g/mol. The van der Waals surface area contributed by atoms with E-state index in [4.69, 9.17) is 27.9 Å². The maximum Gasteiger partial charge on any atom is 0.295 e. The van der Waals surface area contributed by atoms with Crippen LogP contribution in [0.2, 0.25) is 10.0 Å². The number of rotatable bonds is 8. The summed E-state index contributed by atoms with van der Waals surface area (Å²) in [5, 5.41) is 11.9. The Labute approximate surface area is 213 Å². The zero-order chi connectivity index (χ0) is 24.9. The van der Waals surface area contributed by atoms with E-state index >= 15 is 0 Å². The Hall–Kier alpha value is -3.35. The second-order valence-electron chi connectivity index (χ2n) is 8.18. The van der Waals surface area contributed by atoms with Gasteiger partial charge in [0.05, 0.1) is 18.2 Å². The zero-order valence-corrected chi connectivity index (χ0v) is 20.6. The Morgan fingerprint density at radius 2 is 1.89 bits per heavy atom. The van der Waals surface area contributed by atoms with Crippen molar-refractivity contribution in [1.82, 2.24) is 9.88 Å². The van der Waals surface area contributed by atoms with Crippen molar-refractivity contribution in [3.8, 4) is 5.75 Å². The molecular formula is C27H24Cl2N2O4. The quantitative estimate of drug-likeness (QED) is 0.169. The van der Waals surface area contributed by atoms with Gasteiger partial charge < -0.3 is 14.7 Å². The Kier molecular flexibility index (Phi) is 7.73. The molecule has 1 aliphatic heterocycles. The highest BCUT2D eigenvalue weighted by atomic mass is 35.5. The molecule has 0 saturated carbocycles. The van der Waals surface area contributed by atoms with Gasteiger partial charge in [-0.05, 0) is 60.0 Å². The molecule has 1 N–H and O–H groups in total. The highest BCUT2D eigenvalue weighted by Crippen LogP contribution is 2.43. The molecule has 0 aliphatic carbocycles. The van der Waals surface area contributed by atoms with Crippen molar-refractivity contribution < 1.29 is 19.4 Å². The molecule has 1 atom stereocenters. The van der Waals surface area contributed by atoms with Gasteiger partial charge >= 0.3 is 0 Å². The SMILES string of the molecule is CCCCOc1ccc(/C(O)=C2\C(=O)C(=O)N(Cc3cccnc3)C2c2ccc(Cl)cc2Cl)cc1. The number of aliphatic hydroxyl groups excluding tert-OH is 1. The van der Waals surface area contributed by atoms with E-state index in [1.807, 2.05) is 6.07 Å². The summed E-state index contributed by atoms with van der Waals surface area (Å²) >= 11 is 12.6. The van der Waals surface area contributed by atoms with Crippen molar-refractivity contribution in [3.05, 3.63) is 99.3 Å². The van der Waals surface area contributed by atoms with Crippen LogP contribution in [-0.4, -0.2) is 33.3 Å². The Balaban J connectivity index is 1.77. The number of unbranched alkanes of at least 4 members (excludes halogenated alkanes) is 1. The lowest BCUT2D eigenvalue weighted by atomic mass is 9.95. The van der Waals surface area contributed by atoms with Crippen LogP contribution in [0.25, 0.3) is 5.76 Å². The number of ether oxygens (including phenoxy) is 1. The van der Waals surface area contributed by atoms with Crippen LogP contribution in [0.3, 0.4) is 0 Å². The van der Waals surface area contributed by atoms with E-state index in [0.29, 0.717) is 28.5 Å². The highest BCUT2D eigenvalue weighted by Gasteiger charge is 2.46. The van der Waals surface area contributed by atoms with Crippen LogP contribution in [0.15, 0.2) is 72.6 Å². The molecule has 6 nitrogen and oxygen atoms in total. The number of nitrogens with zero attached hydrogens (tertiary/aromatic N) is 2. The monoisotopic (exact) mass is 510 g/mol. The number of pyridine rings is 1. The molecule has 0 spiro atoms. The van der Waals surface area contributed by atoms with Gasteiger partial charge in [-0.2, -0.15) is 0 Å². The smallest absolute Gasteiger partial charge is 0.295 e. The van der Waals surface area contributed by atoms with E-state index < -0.39 is 17.7 Å². The molecule has 1 unspecified atom stereocenters. The van der Waals surface area contributed by atoms with Crippen LogP contribution in [0, 0.1) is 0 Å². The molecule has 2 heterocycles. The molecule has 1 amide bonds. The third-order valence-electron chi connectivity index (χ3n) is 5.77. The number of ketones is 1. The van der Waals surface area contributed by atoms with Gasteiger partial charge in [0.1, 0.15) is 11.5 Å². The fourth-order valence-corrected chi connectivity index (χ4v) is 4.49. The van der Waals surface area contributed by atoms with Gasteiger partial charge in [-0.15, -0.1) is 0 Å². The summed E-state index contributed by atoms with van der Waals surface area (Å²) in [6.45, 7) is 2.79. The fourth-order valence-electron chi connectivity index (χ4n) is 3.98. The lowest BCUT2D eigenvalue weighted by Gasteiger charge is -2.26. The van der Waals surface area contributed by atoms with E-state index in [-0.39, 0.29) is 22.9 Å². The number of aromatic nitrogens is 1. The number of halogens is 2. The summed E-state index contributed by atoms with van der Waals surface area (Å²) in [6.07, 6.45) is 5.20. The first kappa shape index (κ1) is 24.8. The number of carbonyl (C=O) groups excluding carboxylic acids is 2. The first-order valence-corrected chi connectivity index (χ1v) is 12.0. The van der Waals surface area contributed by atoms with Gasteiger partial charge in [-0.1, -0.05) is 48.7 Å². The van der Waals surface area contributed by atoms with E-state index in [1.165, 1.54) is 4.90 Å². The standard InChI is InChI=1S/C27H24Cl2N2O4/c1-2-3-13-35-20-9-6-18(7-10-20)25(32)23-24(21-11-8-19(28)14-22(21)29)31(27(34)26(23)33)16-17-5-4-12-30-15-17/h4-12,14-15,24,32H,2-3,13,16H2,1H3/b25-23+. The van der Waals surface area contributed by atoms with E-state index in [2.05, 4.69) is 11.9 Å². The van der Waals surface area contributed by atoms with Crippen LogP contribution in [0.1, 0.15) is 42.5 Å². The molecule has 3 aromatic rings. The van der Waals surface area contributed by atoms with Gasteiger partial charge in [0.25, 0.3) is 11.7 Å². The van der Waals surface area contributed by atoms with E-state index in [1.54, 1.807) is 60.9 Å². The molecule has 180 valence electrons. The number of likely N-dealkylation sites (tertiary alicyclic amines) is 1. The normalized spacial score (nSPS) is 17.1. The first-order chi connectivity index (χ1) is 16.9. The van der Waals surface area contributed by atoms with Crippen LogP contribution in [0.4, 0.5) is 0 Å². The number of hydrogen-bond acceptors (Lipinski definition) is 5. The zero-order valence-electron chi connectivity index (χ0n) is 19.1. The predicted molar refractivity (Wildman–Crippen MR) is 135 cm³/mol. The molecule has 0 radical (unpaired) electrons. The van der Waals surface area contributed by atoms with Crippen LogP contribution >= 0.6 is 23.2 Å². The maximum absolute atomic E-state index is 13.2. The molecular weight excluding hydrogens is 487 g/mol. The number of hydrogen-bond donors (Lipinski definition) is 1. The molecule has 1 fully saturated rings. The molecule has 1 aromatic heterocycles. The van der Waals surface area contributed by atoms with Gasteiger partial charge in [-0.25, -0.2) is 0 Å². The summed E-state index contributed by atoms with van der Waals surface area (Å²) < 4.78 is 5.68. The van der Waals surface area contributed by atoms with Crippen molar-refractivity contribution in [3.63, 3.8) is 0 Å². The lowest BCUT2D eigenvalue weighted by Crippen LogP contribution is -2.29. The minimum absolute atomic E-state index is 0.0391. The largest absolute Gasteiger partial charge is 0.507 e. The molecule has 0 bridgehead atoms. The number of amides is 1. The number of benzene rings is 2. The minimum Gasteiger partial charge on any atom is -0.507 e. The fraction of sp³-hybridized carbons (Fsp3) is 0.222. The van der Waals surface area contributed by atoms with Gasteiger partial charge in [0.2, 0.25) is 0 Å². The number of Topliss-reactive ketones (excluding diaryl/α,β-unsaturated/α-hetero) is 1. The van der Waals surface area contributed by atoms with Crippen molar-refractivity contribution in [2.75, 3.05) is 6.61 Å². The Bertz CT molecular complexity index is 1260. The van der Waals surface area contributed by atoms with Gasteiger partial charge in [0, 0.05) is 34.5 Å². The van der Waals surface area contributed by atoms with Crippen molar-refractivity contribution >= 4 is 40.7 Å². The second kappa shape index (κ2) is 10.9. The third-order valence-corrected chi connectivity index (χ3v) is 6.33. The third kappa shape index (κ3) is 5.34. The molecule has 8 heteroatoms. The summed E-state index contributed by atoms with van der Waals surface area (Å²) in [5.74, 6) is -1.14. The van der Waals surface area contributed by atoms with Crippen molar-refractivity contribution in [2.45, 2.75) is 32.4 Å². The van der Waals surface area contributed by atoms with Gasteiger partial charge in [0.15, 0.2) is 0 Å². The number of aliphatic hydroxyl groups is 1. The maximum atomic E-state index is 13.2. The van der Waals surface area contributed by atoms with E-state index in [0.717, 1.165) is 18.4 Å². The van der Waals surface area contributed by atoms with Crippen molar-refractivity contribution in [2.24, 2.45) is 0 Å². The van der Waals surface area contributed by atoms with Crippen molar-refractivity contribution in [1.29, 1.82) is 0 Å². The van der Waals surface area contributed by atoms with E-state index in [9.17, 15) is 14.7 Å². The Morgan fingerprint density at radius 3 is 2.54 bits per heavy atom. The van der Waals surface area contributed by atoms with Crippen LogP contribution in [-0.2, 0) is 16.1 Å². The highest BCUT2D eigenvalue weighted by molar-refractivity contribution is 6.47. The van der Waals surface area contributed by atoms with Crippen LogP contribution in [0.5, 0.6) is 5.75 Å². The average Bonchev–Trinajstić information content (AvgIpc) is 3.10. The summed E-state index contributed by atoms with van der Waals surface area (Å²) in [4.78, 5) is 31.8. The summed E-state index contributed by atoms with van der Waals surface area (Å²) in [6, 6.07) is 14.3. The first-order valence-electron chi connectivity index (χ1n) is 11.3. The summed E-state index contributed by atoms with van der Waals surface area (Å²) in [7, 11) is 0. The molecule has 1 aliphatic rings. The molecule has 35 heavy (non-hydrogen) atoms. The predicted octanol–water partition coefficient (Wildman–Crippen LogP) is 6.19. The molecule has 1 saturated heterocycles. The topological polar surface area (TPSA) is 79.7 Å². The number of carbonyl (C=O) groups is 2.